The van der Waals surface area contributed by atoms with Gasteiger partial charge in [-0.05, 0) is 30.5 Å². The van der Waals surface area contributed by atoms with E-state index in [-0.39, 0.29) is 48.9 Å². The highest BCUT2D eigenvalue weighted by molar-refractivity contribution is 5.92. The van der Waals surface area contributed by atoms with Gasteiger partial charge >= 0.3 is 0 Å². The Morgan fingerprint density at radius 2 is 1.96 bits per heavy atom. The van der Waals surface area contributed by atoms with Crippen molar-refractivity contribution in [1.82, 2.24) is 20.2 Å². The van der Waals surface area contributed by atoms with Crippen molar-refractivity contribution in [1.29, 1.82) is 0 Å². The van der Waals surface area contributed by atoms with Crippen LogP contribution >= 0.6 is 0 Å². The van der Waals surface area contributed by atoms with Crippen LogP contribution in [0.3, 0.4) is 0 Å². The predicted octanol–water partition coefficient (Wildman–Crippen LogP) is 1.93. The molecule has 1 heterocycles. The van der Waals surface area contributed by atoms with E-state index in [9.17, 15) is 14.0 Å². The molecule has 1 aromatic carbocycles. The summed E-state index contributed by atoms with van der Waals surface area (Å²) in [5.74, 6) is -0.713. The van der Waals surface area contributed by atoms with Crippen LogP contribution in [0.1, 0.15) is 35.3 Å². The number of nitrogens with zero attached hydrogens (tertiary/aromatic N) is 3. The van der Waals surface area contributed by atoms with Crippen molar-refractivity contribution < 1.29 is 14.0 Å². The zero-order valence-electron chi connectivity index (χ0n) is 13.7. The highest BCUT2D eigenvalue weighted by Crippen LogP contribution is 2.18. The largest absolute Gasteiger partial charge is 0.353 e. The third-order valence-electron chi connectivity index (χ3n) is 3.91. The van der Waals surface area contributed by atoms with Crippen LogP contribution in [0.2, 0.25) is 0 Å². The van der Waals surface area contributed by atoms with Crippen molar-refractivity contribution in [3.63, 3.8) is 0 Å². The molecule has 25 heavy (non-hydrogen) atoms. The number of carbonyl (C=O) groups excluding carboxylic acids is 2. The normalized spacial score (nSPS) is 13.3. The first kappa shape index (κ1) is 17.0. The first-order valence-electron chi connectivity index (χ1n) is 8.21. The highest BCUT2D eigenvalue weighted by Gasteiger charge is 2.24. The molecule has 1 N–H and O–H groups in total. The zero-order valence-corrected chi connectivity index (χ0v) is 13.7. The lowest BCUT2D eigenvalue weighted by molar-refractivity contribution is -0.121. The maximum absolute atomic E-state index is 13.1. The Hall–Kier alpha value is -2.83. The highest BCUT2D eigenvalue weighted by atomic mass is 19.1. The summed E-state index contributed by atoms with van der Waals surface area (Å²) in [6.45, 7) is 0.526. The molecule has 1 aliphatic rings. The molecule has 3 rings (SSSR count). The molecule has 0 unspecified atom stereocenters. The number of benzene rings is 1. The lowest BCUT2D eigenvalue weighted by Gasteiger charge is -2.22. The number of aromatic nitrogens is 2. The molecule has 1 saturated carbocycles. The van der Waals surface area contributed by atoms with Gasteiger partial charge in [-0.2, -0.15) is 0 Å². The molecule has 1 aromatic heterocycles. The van der Waals surface area contributed by atoms with Crippen molar-refractivity contribution >= 4 is 11.8 Å². The van der Waals surface area contributed by atoms with Gasteiger partial charge in [0.2, 0.25) is 5.91 Å². The summed E-state index contributed by atoms with van der Waals surface area (Å²) in [6.07, 6.45) is 6.58. The number of hydrogen-bond acceptors (Lipinski definition) is 4. The standard InChI is InChI=1S/C18H19FN4O2/c19-14-3-1-13(2-4-14)12-23(10-7-17(24)22-15-5-6-15)18(25)16-11-20-8-9-21-16/h1-4,8-9,11,15H,5-7,10,12H2,(H,22,24). The van der Waals surface area contributed by atoms with E-state index < -0.39 is 0 Å². The fourth-order valence-corrected chi connectivity index (χ4v) is 2.40. The third kappa shape index (κ3) is 5.07. The number of nitrogens with one attached hydrogen (secondary N) is 1. The molecule has 6 nitrogen and oxygen atoms in total. The number of hydrogen-bond donors (Lipinski definition) is 1. The Bertz CT molecular complexity index is 733. The summed E-state index contributed by atoms with van der Waals surface area (Å²) >= 11 is 0. The van der Waals surface area contributed by atoms with Gasteiger partial charge in [0.1, 0.15) is 11.5 Å². The molecule has 0 radical (unpaired) electrons. The number of amides is 2. The van der Waals surface area contributed by atoms with Crippen LogP contribution in [0.4, 0.5) is 4.39 Å². The molecule has 0 aliphatic heterocycles. The van der Waals surface area contributed by atoms with Crippen LogP contribution < -0.4 is 5.32 Å². The fraction of sp³-hybridized carbons (Fsp3) is 0.333. The van der Waals surface area contributed by atoms with Crippen molar-refractivity contribution in [2.24, 2.45) is 0 Å². The molecular formula is C18H19FN4O2. The van der Waals surface area contributed by atoms with E-state index in [1.807, 2.05) is 0 Å². The van der Waals surface area contributed by atoms with Gasteiger partial charge in [0, 0.05) is 37.9 Å². The molecule has 0 atom stereocenters. The van der Waals surface area contributed by atoms with Crippen LogP contribution in [-0.2, 0) is 11.3 Å². The first-order valence-corrected chi connectivity index (χ1v) is 8.21. The molecule has 2 aromatic rings. The fourth-order valence-electron chi connectivity index (χ4n) is 2.40. The Labute approximate surface area is 145 Å². The van der Waals surface area contributed by atoms with Crippen molar-refractivity contribution in [2.45, 2.75) is 31.8 Å². The van der Waals surface area contributed by atoms with E-state index in [1.165, 1.54) is 35.6 Å². The third-order valence-corrected chi connectivity index (χ3v) is 3.91. The number of carbonyl (C=O) groups is 2. The second-order valence-corrected chi connectivity index (χ2v) is 6.04. The maximum atomic E-state index is 13.1. The summed E-state index contributed by atoms with van der Waals surface area (Å²) in [5, 5.41) is 2.90. The molecule has 130 valence electrons. The van der Waals surface area contributed by atoms with Crippen LogP contribution in [0, 0.1) is 5.82 Å². The van der Waals surface area contributed by atoms with E-state index in [4.69, 9.17) is 0 Å². The second kappa shape index (κ2) is 7.83. The Morgan fingerprint density at radius 3 is 2.60 bits per heavy atom. The summed E-state index contributed by atoms with van der Waals surface area (Å²) in [7, 11) is 0. The van der Waals surface area contributed by atoms with Crippen molar-refractivity contribution in [3.8, 4) is 0 Å². The summed E-state index contributed by atoms with van der Waals surface area (Å²) in [4.78, 5) is 34.1. The SMILES string of the molecule is O=C(CCN(Cc1ccc(F)cc1)C(=O)c1cnccn1)NC1CC1. The molecular weight excluding hydrogens is 323 g/mol. The Balaban J connectivity index is 1.68. The van der Waals surface area contributed by atoms with E-state index in [0.29, 0.717) is 0 Å². The van der Waals surface area contributed by atoms with Crippen molar-refractivity contribution in [2.75, 3.05) is 6.54 Å². The Morgan fingerprint density at radius 1 is 1.20 bits per heavy atom. The zero-order chi connectivity index (χ0) is 17.6. The van der Waals surface area contributed by atoms with Crippen LogP contribution in [-0.4, -0.2) is 39.3 Å². The molecule has 0 spiro atoms. The average molecular weight is 342 g/mol. The topological polar surface area (TPSA) is 75.2 Å². The molecule has 0 saturated heterocycles. The molecule has 1 aliphatic carbocycles. The quantitative estimate of drug-likeness (QED) is 0.834. The molecule has 1 fully saturated rings. The van der Waals surface area contributed by atoms with Crippen LogP contribution in [0.5, 0.6) is 0 Å². The van der Waals surface area contributed by atoms with E-state index in [0.717, 1.165) is 18.4 Å². The second-order valence-electron chi connectivity index (χ2n) is 6.04. The van der Waals surface area contributed by atoms with Crippen molar-refractivity contribution in [3.05, 3.63) is 59.9 Å². The van der Waals surface area contributed by atoms with E-state index in [2.05, 4.69) is 15.3 Å². The average Bonchev–Trinajstić information content (AvgIpc) is 3.44. The number of halogens is 1. The van der Waals surface area contributed by atoms with Gasteiger partial charge in [-0.3, -0.25) is 14.6 Å². The van der Waals surface area contributed by atoms with Gasteiger partial charge in [0.25, 0.3) is 5.91 Å². The monoisotopic (exact) mass is 342 g/mol. The molecule has 2 amide bonds. The minimum Gasteiger partial charge on any atom is -0.353 e. The molecule has 0 bridgehead atoms. The summed E-state index contributed by atoms with van der Waals surface area (Å²) < 4.78 is 13.1. The number of rotatable bonds is 7. The van der Waals surface area contributed by atoms with Gasteiger partial charge in [-0.1, -0.05) is 12.1 Å². The van der Waals surface area contributed by atoms with E-state index >= 15 is 0 Å². The van der Waals surface area contributed by atoms with Gasteiger partial charge in [0.15, 0.2) is 0 Å². The smallest absolute Gasteiger partial charge is 0.274 e. The van der Waals surface area contributed by atoms with Gasteiger partial charge in [-0.25, -0.2) is 9.37 Å². The summed E-state index contributed by atoms with van der Waals surface area (Å²) in [6, 6.07) is 6.22. The maximum Gasteiger partial charge on any atom is 0.274 e. The van der Waals surface area contributed by atoms with Crippen LogP contribution in [0.25, 0.3) is 0 Å². The minimum atomic E-state index is -0.334. The lowest BCUT2D eigenvalue weighted by atomic mass is 10.2. The summed E-state index contributed by atoms with van der Waals surface area (Å²) in [5.41, 5.74) is 0.994. The first-order chi connectivity index (χ1) is 12.1. The van der Waals surface area contributed by atoms with Gasteiger partial charge in [0.05, 0.1) is 6.20 Å². The van der Waals surface area contributed by atoms with E-state index in [1.54, 1.807) is 12.1 Å². The Kier molecular flexibility index (Phi) is 5.33. The predicted molar refractivity (Wildman–Crippen MR) is 89.0 cm³/mol. The lowest BCUT2D eigenvalue weighted by Crippen LogP contribution is -2.35. The minimum absolute atomic E-state index is 0.0708. The van der Waals surface area contributed by atoms with Gasteiger partial charge in [-0.15, -0.1) is 0 Å². The molecule has 7 heteroatoms. The van der Waals surface area contributed by atoms with Gasteiger partial charge < -0.3 is 10.2 Å². The van der Waals surface area contributed by atoms with Crippen LogP contribution in [0.15, 0.2) is 42.9 Å².